The Morgan fingerprint density at radius 2 is 2.36 bits per heavy atom. The van der Waals surface area contributed by atoms with E-state index in [-0.39, 0.29) is 18.7 Å². The number of amides is 1. The van der Waals surface area contributed by atoms with Crippen molar-refractivity contribution >= 4 is 11.8 Å². The van der Waals surface area contributed by atoms with E-state index in [1.807, 2.05) is 4.98 Å². The van der Waals surface area contributed by atoms with Crippen LogP contribution in [-0.4, -0.2) is 46.2 Å². The number of carbonyl (C=O) groups excluding carboxylic acids is 1. The molecule has 2 rings (SSSR count). The fraction of sp³-hybridized carbons (Fsp3) is 0.583. The highest BCUT2D eigenvalue weighted by Crippen LogP contribution is 2.29. The smallest absolute Gasteiger partial charge is 0.411 e. The molecule has 0 radical (unpaired) electrons. The van der Waals surface area contributed by atoms with Gasteiger partial charge in [0.2, 0.25) is 0 Å². The van der Waals surface area contributed by atoms with Crippen molar-refractivity contribution in [3.63, 3.8) is 0 Å². The molecular weight excluding hydrogens is 301 g/mol. The summed E-state index contributed by atoms with van der Waals surface area (Å²) in [6.45, 7) is 1.17. The molecule has 1 aromatic heterocycles. The standard InChI is InChI=1S/C12H16FN3O6/c1-2-21-12(20)14-7-4-16(11(19)15-10(7)18)9-3-6(13)8(5-17)22-9/h4,6,8-9,17H,2-3,5H2,1H3,(H,14,20)(H,15,18,19)/t6-,8+,9+/m0/s1. The van der Waals surface area contributed by atoms with Crippen molar-refractivity contribution in [2.24, 2.45) is 0 Å². The lowest BCUT2D eigenvalue weighted by molar-refractivity contribution is -0.0355. The maximum Gasteiger partial charge on any atom is 0.411 e. The molecule has 1 aliphatic heterocycles. The van der Waals surface area contributed by atoms with Crippen molar-refractivity contribution in [2.75, 3.05) is 18.5 Å². The van der Waals surface area contributed by atoms with E-state index in [4.69, 9.17) is 9.84 Å². The highest BCUT2D eigenvalue weighted by Gasteiger charge is 2.36. The third kappa shape index (κ3) is 3.34. The maximum atomic E-state index is 13.6. The van der Waals surface area contributed by atoms with E-state index in [1.165, 1.54) is 0 Å². The molecular formula is C12H16FN3O6. The number of nitrogens with one attached hydrogen (secondary N) is 2. The summed E-state index contributed by atoms with van der Waals surface area (Å²) in [5.41, 5.74) is -1.86. The van der Waals surface area contributed by atoms with Crippen molar-refractivity contribution in [3.05, 3.63) is 27.0 Å². The zero-order valence-corrected chi connectivity index (χ0v) is 11.7. The number of alkyl halides is 1. The predicted molar refractivity (Wildman–Crippen MR) is 72.5 cm³/mol. The molecule has 122 valence electrons. The average Bonchev–Trinajstić information content (AvgIpc) is 2.83. The topological polar surface area (TPSA) is 123 Å². The number of hydrogen-bond donors (Lipinski definition) is 3. The van der Waals surface area contributed by atoms with E-state index in [9.17, 15) is 18.8 Å². The van der Waals surface area contributed by atoms with Crippen LogP contribution in [0.1, 0.15) is 19.6 Å². The molecule has 0 bridgehead atoms. The van der Waals surface area contributed by atoms with Gasteiger partial charge >= 0.3 is 11.8 Å². The van der Waals surface area contributed by atoms with Crippen LogP contribution in [0.4, 0.5) is 14.9 Å². The van der Waals surface area contributed by atoms with E-state index in [1.54, 1.807) is 6.92 Å². The van der Waals surface area contributed by atoms with Gasteiger partial charge in [-0.3, -0.25) is 19.7 Å². The first kappa shape index (κ1) is 16.2. The fourth-order valence-corrected chi connectivity index (χ4v) is 2.09. The SMILES string of the molecule is CCOC(=O)Nc1cn([C@H]2C[C@H](F)[C@@H](CO)O2)c(=O)[nH]c1=O. The predicted octanol–water partition coefficient (Wildman–Crippen LogP) is -0.277. The van der Waals surface area contributed by atoms with Gasteiger partial charge in [0, 0.05) is 12.6 Å². The minimum absolute atomic E-state index is 0.108. The molecule has 1 aromatic rings. The van der Waals surface area contributed by atoms with Gasteiger partial charge in [-0.05, 0) is 6.92 Å². The summed E-state index contributed by atoms with van der Waals surface area (Å²) in [6.07, 6.45) is -3.42. The first-order valence-electron chi connectivity index (χ1n) is 6.65. The van der Waals surface area contributed by atoms with Crippen LogP contribution in [0.2, 0.25) is 0 Å². The molecule has 10 heteroatoms. The number of aliphatic hydroxyl groups excluding tert-OH is 1. The van der Waals surface area contributed by atoms with Gasteiger partial charge < -0.3 is 14.6 Å². The van der Waals surface area contributed by atoms with Gasteiger partial charge in [-0.1, -0.05) is 0 Å². The molecule has 1 amide bonds. The van der Waals surface area contributed by atoms with Gasteiger partial charge in [0.15, 0.2) is 0 Å². The number of nitrogens with zero attached hydrogens (tertiary/aromatic N) is 1. The number of rotatable bonds is 4. The summed E-state index contributed by atoms with van der Waals surface area (Å²) in [7, 11) is 0. The van der Waals surface area contributed by atoms with Crippen LogP contribution in [0.5, 0.6) is 0 Å². The van der Waals surface area contributed by atoms with Crippen molar-refractivity contribution in [1.29, 1.82) is 0 Å². The number of anilines is 1. The highest BCUT2D eigenvalue weighted by atomic mass is 19.1. The molecule has 1 saturated heterocycles. The first-order valence-corrected chi connectivity index (χ1v) is 6.65. The quantitative estimate of drug-likeness (QED) is 0.702. The fourth-order valence-electron chi connectivity index (χ4n) is 2.09. The van der Waals surface area contributed by atoms with Gasteiger partial charge in [-0.15, -0.1) is 0 Å². The van der Waals surface area contributed by atoms with Crippen LogP contribution in [0.3, 0.4) is 0 Å². The van der Waals surface area contributed by atoms with E-state index >= 15 is 0 Å². The van der Waals surface area contributed by atoms with E-state index in [0.717, 1.165) is 10.8 Å². The normalized spacial score (nSPS) is 24.2. The van der Waals surface area contributed by atoms with Crippen LogP contribution in [0.25, 0.3) is 0 Å². The number of aliphatic hydroxyl groups is 1. The Labute approximate surface area is 123 Å². The Kier molecular flexibility index (Phi) is 4.93. The molecule has 0 aromatic carbocycles. The number of hydrogen-bond acceptors (Lipinski definition) is 6. The van der Waals surface area contributed by atoms with Gasteiger partial charge in [0.05, 0.1) is 13.2 Å². The van der Waals surface area contributed by atoms with Crippen LogP contribution in [0, 0.1) is 0 Å². The second kappa shape index (κ2) is 6.71. The van der Waals surface area contributed by atoms with E-state index in [0.29, 0.717) is 0 Å². The maximum absolute atomic E-state index is 13.6. The number of aromatic amines is 1. The third-order valence-corrected chi connectivity index (χ3v) is 3.13. The minimum atomic E-state index is -1.43. The second-order valence-corrected chi connectivity index (χ2v) is 4.62. The Bertz CT molecular complexity index is 657. The summed E-state index contributed by atoms with van der Waals surface area (Å²) in [4.78, 5) is 36.8. The molecule has 2 heterocycles. The van der Waals surface area contributed by atoms with Gasteiger partial charge in [-0.25, -0.2) is 14.0 Å². The number of H-pyrrole nitrogens is 1. The van der Waals surface area contributed by atoms with Gasteiger partial charge in [0.25, 0.3) is 5.56 Å². The molecule has 0 spiro atoms. The first-order chi connectivity index (χ1) is 10.5. The van der Waals surface area contributed by atoms with Crippen LogP contribution < -0.4 is 16.6 Å². The number of halogens is 1. The zero-order valence-electron chi connectivity index (χ0n) is 11.7. The molecule has 22 heavy (non-hydrogen) atoms. The summed E-state index contributed by atoms with van der Waals surface area (Å²) in [6, 6.07) is 0. The third-order valence-electron chi connectivity index (χ3n) is 3.13. The van der Waals surface area contributed by atoms with Crippen molar-refractivity contribution in [1.82, 2.24) is 9.55 Å². The van der Waals surface area contributed by atoms with Crippen LogP contribution in [0.15, 0.2) is 15.8 Å². The molecule has 1 fully saturated rings. The van der Waals surface area contributed by atoms with E-state index in [2.05, 4.69) is 10.1 Å². The lowest BCUT2D eigenvalue weighted by Gasteiger charge is -2.15. The second-order valence-electron chi connectivity index (χ2n) is 4.62. The highest BCUT2D eigenvalue weighted by molar-refractivity contribution is 5.83. The number of ether oxygens (including phenoxy) is 2. The van der Waals surface area contributed by atoms with Crippen molar-refractivity contribution in [3.8, 4) is 0 Å². The lowest BCUT2D eigenvalue weighted by atomic mass is 10.2. The minimum Gasteiger partial charge on any atom is -0.450 e. The molecule has 0 unspecified atom stereocenters. The number of aromatic nitrogens is 2. The number of carbonyl (C=O) groups is 1. The van der Waals surface area contributed by atoms with Crippen molar-refractivity contribution in [2.45, 2.75) is 31.8 Å². The monoisotopic (exact) mass is 317 g/mol. The Morgan fingerprint density at radius 1 is 1.64 bits per heavy atom. The Hall–Kier alpha value is -2.20. The summed E-state index contributed by atoms with van der Waals surface area (Å²) < 4.78 is 24.4. The summed E-state index contributed by atoms with van der Waals surface area (Å²) in [5, 5.41) is 11.1. The molecule has 0 aliphatic carbocycles. The Balaban J connectivity index is 2.27. The molecule has 1 aliphatic rings. The Morgan fingerprint density at radius 3 is 2.95 bits per heavy atom. The molecule has 0 saturated carbocycles. The van der Waals surface area contributed by atoms with Crippen molar-refractivity contribution < 1.29 is 23.8 Å². The summed E-state index contributed by atoms with van der Waals surface area (Å²) >= 11 is 0. The molecule has 3 atom stereocenters. The molecule has 9 nitrogen and oxygen atoms in total. The van der Waals surface area contributed by atoms with Crippen LogP contribution in [-0.2, 0) is 9.47 Å². The van der Waals surface area contributed by atoms with E-state index < -0.39 is 42.5 Å². The van der Waals surface area contributed by atoms with Gasteiger partial charge in [-0.2, -0.15) is 0 Å². The lowest BCUT2D eigenvalue weighted by Crippen LogP contribution is -2.34. The molecule has 3 N–H and O–H groups in total. The summed E-state index contributed by atoms with van der Waals surface area (Å²) in [5.74, 6) is 0. The zero-order chi connectivity index (χ0) is 16.3. The van der Waals surface area contributed by atoms with Gasteiger partial charge in [0.1, 0.15) is 24.2 Å². The van der Waals surface area contributed by atoms with Crippen LogP contribution >= 0.6 is 0 Å². The average molecular weight is 317 g/mol. The largest absolute Gasteiger partial charge is 0.450 e.